The minimum absolute atomic E-state index is 0.268. The Morgan fingerprint density at radius 2 is 1.90 bits per heavy atom. The zero-order chi connectivity index (χ0) is 20.8. The molecule has 3 saturated heterocycles. The number of fused-ring (bicyclic) bond motifs is 2. The number of hydrogen-bond acceptors (Lipinski definition) is 8. The van der Waals surface area contributed by atoms with E-state index in [-0.39, 0.29) is 18.9 Å². The summed E-state index contributed by atoms with van der Waals surface area (Å²) >= 11 is 0. The van der Waals surface area contributed by atoms with E-state index >= 15 is 0 Å². The summed E-state index contributed by atoms with van der Waals surface area (Å²) in [5.41, 5.74) is 0.195. The molecule has 0 aromatic heterocycles. The summed E-state index contributed by atoms with van der Waals surface area (Å²) in [5, 5.41) is 10.1. The largest absolute Gasteiger partial charge is 0.497 e. The zero-order valence-corrected chi connectivity index (χ0v) is 16.5. The second kappa shape index (κ2) is 7.40. The highest BCUT2D eigenvalue weighted by molar-refractivity contribution is 6.07. The lowest BCUT2D eigenvalue weighted by Gasteiger charge is -2.58. The van der Waals surface area contributed by atoms with E-state index in [0.717, 1.165) is 16.2 Å². The number of benzene rings is 1. The molecule has 9 heteroatoms. The van der Waals surface area contributed by atoms with Crippen molar-refractivity contribution >= 4 is 17.8 Å². The minimum atomic E-state index is -0.892. The number of piperazine rings is 1. The summed E-state index contributed by atoms with van der Waals surface area (Å²) < 4.78 is 9.83. The fraction of sp³-hybridized carbons (Fsp3) is 0.550. The Balaban J connectivity index is 1.52. The van der Waals surface area contributed by atoms with Gasteiger partial charge in [-0.25, -0.2) is 0 Å². The number of aliphatic hydroxyl groups is 1. The summed E-state index contributed by atoms with van der Waals surface area (Å²) in [4.78, 5) is 42.8. The average Bonchev–Trinajstić information content (AvgIpc) is 3.09. The van der Waals surface area contributed by atoms with Gasteiger partial charge in [0.15, 0.2) is 0 Å². The minimum Gasteiger partial charge on any atom is -0.497 e. The summed E-state index contributed by atoms with van der Waals surface area (Å²) in [6.07, 6.45) is -0.397. The van der Waals surface area contributed by atoms with E-state index in [1.165, 1.54) is 7.11 Å². The lowest BCUT2D eigenvalue weighted by molar-refractivity contribution is -0.183. The Hall–Kier alpha value is -2.49. The van der Waals surface area contributed by atoms with Gasteiger partial charge in [-0.05, 0) is 24.1 Å². The molecular weight excluding hydrogens is 378 g/mol. The van der Waals surface area contributed by atoms with Gasteiger partial charge >= 0.3 is 5.97 Å². The predicted octanol–water partition coefficient (Wildman–Crippen LogP) is -0.773. The molecule has 2 amide bonds. The number of likely N-dealkylation sites (tertiary alicyclic amines) is 1. The highest BCUT2D eigenvalue weighted by Gasteiger charge is 2.64. The Bertz CT molecular complexity index is 820. The molecule has 0 radical (unpaired) electrons. The fourth-order valence-electron chi connectivity index (χ4n) is 4.63. The molecule has 0 saturated carbocycles. The van der Waals surface area contributed by atoms with Crippen LogP contribution in [0.2, 0.25) is 0 Å². The highest BCUT2D eigenvalue weighted by Crippen LogP contribution is 2.40. The number of methoxy groups -OCH3 is 2. The maximum absolute atomic E-state index is 13.3. The van der Waals surface area contributed by atoms with Gasteiger partial charge in [0.25, 0.3) is 5.91 Å². The van der Waals surface area contributed by atoms with E-state index in [2.05, 4.69) is 9.64 Å². The average molecular weight is 403 g/mol. The van der Waals surface area contributed by atoms with Crippen molar-refractivity contribution in [2.75, 3.05) is 40.4 Å². The van der Waals surface area contributed by atoms with Crippen LogP contribution in [0.4, 0.5) is 0 Å². The molecular formula is C20H25N3O6. The lowest BCUT2D eigenvalue weighted by Crippen LogP contribution is -2.81. The third-order valence-corrected chi connectivity index (χ3v) is 6.07. The van der Waals surface area contributed by atoms with Crippen LogP contribution >= 0.6 is 0 Å². The first-order valence-corrected chi connectivity index (χ1v) is 9.60. The van der Waals surface area contributed by atoms with Crippen molar-refractivity contribution in [3.8, 4) is 5.75 Å². The van der Waals surface area contributed by atoms with Crippen LogP contribution in [-0.4, -0.2) is 95.7 Å². The van der Waals surface area contributed by atoms with Crippen molar-refractivity contribution in [2.24, 2.45) is 0 Å². The van der Waals surface area contributed by atoms with Gasteiger partial charge < -0.3 is 14.6 Å². The van der Waals surface area contributed by atoms with E-state index in [0.29, 0.717) is 19.6 Å². The van der Waals surface area contributed by atoms with Gasteiger partial charge in [0.1, 0.15) is 17.8 Å². The molecule has 4 rings (SSSR count). The van der Waals surface area contributed by atoms with Gasteiger partial charge in [-0.1, -0.05) is 12.1 Å². The smallest absolute Gasteiger partial charge is 0.325 e. The van der Waals surface area contributed by atoms with Crippen LogP contribution in [0, 0.1) is 0 Å². The molecule has 1 N–H and O–H groups in total. The molecule has 3 aliphatic rings. The maximum Gasteiger partial charge on any atom is 0.325 e. The number of imide groups is 1. The summed E-state index contributed by atoms with van der Waals surface area (Å²) in [6.45, 7) is 1.42. The molecule has 1 aromatic rings. The first-order chi connectivity index (χ1) is 13.9. The molecule has 0 bridgehead atoms. The quantitative estimate of drug-likeness (QED) is 0.505. The topological polar surface area (TPSA) is 99.6 Å². The maximum atomic E-state index is 13.3. The van der Waals surface area contributed by atoms with Gasteiger partial charge in [-0.15, -0.1) is 0 Å². The van der Waals surface area contributed by atoms with Crippen molar-refractivity contribution in [1.29, 1.82) is 0 Å². The third kappa shape index (κ3) is 3.29. The van der Waals surface area contributed by atoms with Crippen LogP contribution in [0.5, 0.6) is 5.75 Å². The Labute approximate surface area is 168 Å². The number of aliphatic hydroxyl groups excluding tert-OH is 1. The van der Waals surface area contributed by atoms with Crippen molar-refractivity contribution in [3.63, 3.8) is 0 Å². The zero-order valence-electron chi connectivity index (χ0n) is 16.5. The second-order valence-corrected chi connectivity index (χ2v) is 7.89. The van der Waals surface area contributed by atoms with Gasteiger partial charge in [0.2, 0.25) is 5.91 Å². The lowest BCUT2D eigenvalue weighted by atomic mass is 9.82. The molecule has 9 nitrogen and oxygen atoms in total. The number of rotatable bonds is 5. The number of carbonyl (C=O) groups excluding carboxylic acids is 3. The molecule has 3 heterocycles. The monoisotopic (exact) mass is 403 g/mol. The summed E-state index contributed by atoms with van der Waals surface area (Å²) in [7, 11) is 2.84. The summed E-state index contributed by atoms with van der Waals surface area (Å²) in [6, 6.07) is 7.14. The molecule has 0 unspecified atom stereocenters. The normalized spacial score (nSPS) is 26.4. The summed E-state index contributed by atoms with van der Waals surface area (Å²) in [5.74, 6) is -0.675. The highest BCUT2D eigenvalue weighted by atomic mass is 16.5. The second-order valence-electron chi connectivity index (χ2n) is 7.89. The number of ether oxygens (including phenoxy) is 2. The molecule has 1 spiro atoms. The van der Waals surface area contributed by atoms with Gasteiger partial charge in [-0.2, -0.15) is 0 Å². The Morgan fingerprint density at radius 3 is 2.52 bits per heavy atom. The molecule has 0 aliphatic carbocycles. The Morgan fingerprint density at radius 1 is 1.21 bits per heavy atom. The molecule has 2 atom stereocenters. The number of carbonyl (C=O) groups is 3. The van der Waals surface area contributed by atoms with Crippen molar-refractivity contribution in [1.82, 2.24) is 14.7 Å². The number of β-amino-alcohol motifs (C(OH)–C–C–N with tert-alkyl or cyclic N) is 1. The van der Waals surface area contributed by atoms with Gasteiger partial charge in [0, 0.05) is 26.2 Å². The van der Waals surface area contributed by atoms with Crippen LogP contribution in [0.15, 0.2) is 24.3 Å². The van der Waals surface area contributed by atoms with E-state index in [1.807, 2.05) is 29.2 Å². The van der Waals surface area contributed by atoms with Crippen LogP contribution < -0.4 is 4.74 Å². The Kier molecular flexibility index (Phi) is 5.05. The van der Waals surface area contributed by atoms with Gasteiger partial charge in [-0.3, -0.25) is 29.1 Å². The van der Waals surface area contributed by atoms with Crippen molar-refractivity contribution in [2.45, 2.75) is 30.7 Å². The first kappa shape index (κ1) is 19.8. The van der Waals surface area contributed by atoms with Crippen LogP contribution in [0.1, 0.15) is 12.0 Å². The standard InChI is InChI=1S/C20H25N3O6/c1-28-15-5-3-13(4-6-15)8-21-11-20(12-21)19(27)22(10-17(25)29-2)18(26)16-7-14(24)9-23(16)20/h3-6,14,16,24H,7-12H2,1-2H3/t14-,16+/m1/s1. The van der Waals surface area contributed by atoms with Crippen molar-refractivity contribution in [3.05, 3.63) is 29.8 Å². The molecule has 29 heavy (non-hydrogen) atoms. The van der Waals surface area contributed by atoms with E-state index in [9.17, 15) is 19.5 Å². The van der Waals surface area contributed by atoms with E-state index in [1.54, 1.807) is 7.11 Å². The SMILES string of the molecule is COC(=O)CN1C(=O)[C@@H]2C[C@@H](O)CN2C2(CN(Cc3ccc(OC)cc3)C2)C1=O. The predicted molar refractivity (Wildman–Crippen MR) is 101 cm³/mol. The number of hydrogen-bond donors (Lipinski definition) is 1. The molecule has 3 fully saturated rings. The molecule has 156 valence electrons. The third-order valence-electron chi connectivity index (χ3n) is 6.07. The molecule has 3 aliphatic heterocycles. The number of nitrogens with zero attached hydrogens (tertiary/aromatic N) is 3. The fourth-order valence-corrected chi connectivity index (χ4v) is 4.63. The van der Waals surface area contributed by atoms with E-state index in [4.69, 9.17) is 4.74 Å². The molecule has 1 aromatic carbocycles. The van der Waals surface area contributed by atoms with E-state index < -0.39 is 36.1 Å². The van der Waals surface area contributed by atoms with Crippen LogP contribution in [0.25, 0.3) is 0 Å². The van der Waals surface area contributed by atoms with Crippen LogP contribution in [-0.2, 0) is 25.7 Å². The van der Waals surface area contributed by atoms with Gasteiger partial charge in [0.05, 0.1) is 26.4 Å². The van der Waals surface area contributed by atoms with Crippen LogP contribution in [0.3, 0.4) is 0 Å². The van der Waals surface area contributed by atoms with Crippen molar-refractivity contribution < 1.29 is 29.0 Å². The first-order valence-electron chi connectivity index (χ1n) is 9.60. The number of esters is 1. The number of amides is 2.